The minimum absolute atomic E-state index is 0.225. The molecule has 4 nitrogen and oxygen atoms in total. The number of anilines is 1. The molecule has 1 heterocycles. The lowest BCUT2D eigenvalue weighted by atomic mass is 10.1. The number of ether oxygens (including phenoxy) is 2. The fourth-order valence-corrected chi connectivity index (χ4v) is 2.39. The van der Waals surface area contributed by atoms with Gasteiger partial charge in [-0.2, -0.15) is 5.26 Å². The summed E-state index contributed by atoms with van der Waals surface area (Å²) in [4.78, 5) is 2.01. The molecule has 0 atom stereocenters. The molecule has 0 radical (unpaired) electrons. The van der Waals surface area contributed by atoms with Crippen molar-refractivity contribution in [2.24, 2.45) is 0 Å². The molecule has 1 aromatic carbocycles. The number of benzene rings is 1. The highest BCUT2D eigenvalue weighted by Gasteiger charge is 2.21. The van der Waals surface area contributed by atoms with Gasteiger partial charge in [-0.1, -0.05) is 0 Å². The Hall–Kier alpha value is -1.64. The Bertz CT molecular complexity index is 479. The number of hydrogen-bond acceptors (Lipinski definition) is 4. The van der Waals surface area contributed by atoms with Crippen LogP contribution in [0.15, 0.2) is 18.2 Å². The second kappa shape index (κ2) is 7.22. The minimum Gasteiger partial charge on any atom is -0.382 e. The van der Waals surface area contributed by atoms with Gasteiger partial charge in [-0.15, -0.1) is 0 Å². The van der Waals surface area contributed by atoms with Crippen molar-refractivity contribution in [2.45, 2.75) is 18.9 Å². The fraction of sp³-hybridized carbons (Fsp3) is 0.533. The Balaban J connectivity index is 1.89. The van der Waals surface area contributed by atoms with E-state index in [2.05, 4.69) is 0 Å². The Morgan fingerprint density at radius 1 is 1.35 bits per heavy atom. The van der Waals surface area contributed by atoms with Crippen LogP contribution in [0.3, 0.4) is 0 Å². The zero-order chi connectivity index (χ0) is 14.4. The van der Waals surface area contributed by atoms with Crippen LogP contribution in [-0.2, 0) is 9.47 Å². The van der Waals surface area contributed by atoms with E-state index in [1.54, 1.807) is 19.2 Å². The van der Waals surface area contributed by atoms with Gasteiger partial charge in [-0.05, 0) is 31.0 Å². The van der Waals surface area contributed by atoms with Gasteiger partial charge in [-0.25, -0.2) is 4.39 Å². The lowest BCUT2D eigenvalue weighted by Crippen LogP contribution is -2.37. The zero-order valence-corrected chi connectivity index (χ0v) is 11.6. The van der Waals surface area contributed by atoms with E-state index in [4.69, 9.17) is 14.7 Å². The van der Waals surface area contributed by atoms with Crippen LogP contribution in [0.25, 0.3) is 0 Å². The van der Waals surface area contributed by atoms with E-state index in [0.29, 0.717) is 24.5 Å². The Morgan fingerprint density at radius 3 is 2.70 bits per heavy atom. The van der Waals surface area contributed by atoms with Crippen molar-refractivity contribution in [1.29, 1.82) is 5.26 Å². The van der Waals surface area contributed by atoms with E-state index in [1.807, 2.05) is 11.0 Å². The molecular formula is C15H19FN2O2. The zero-order valence-electron chi connectivity index (χ0n) is 11.6. The molecule has 108 valence electrons. The molecule has 1 aliphatic rings. The third-order valence-electron chi connectivity index (χ3n) is 3.50. The number of halogens is 1. The number of methoxy groups -OCH3 is 1. The first-order valence-corrected chi connectivity index (χ1v) is 6.79. The molecule has 1 aliphatic heterocycles. The van der Waals surface area contributed by atoms with Crippen LogP contribution in [0.2, 0.25) is 0 Å². The molecule has 1 fully saturated rings. The third-order valence-corrected chi connectivity index (χ3v) is 3.50. The van der Waals surface area contributed by atoms with Crippen molar-refractivity contribution in [2.75, 3.05) is 38.3 Å². The van der Waals surface area contributed by atoms with Gasteiger partial charge in [0.1, 0.15) is 5.82 Å². The van der Waals surface area contributed by atoms with Gasteiger partial charge in [0, 0.05) is 20.2 Å². The number of nitrogens with zero attached hydrogens (tertiary/aromatic N) is 2. The number of nitriles is 1. The van der Waals surface area contributed by atoms with Crippen LogP contribution in [0, 0.1) is 17.1 Å². The van der Waals surface area contributed by atoms with Crippen molar-refractivity contribution >= 4 is 5.69 Å². The molecule has 0 aromatic heterocycles. The summed E-state index contributed by atoms with van der Waals surface area (Å²) in [7, 11) is 1.65. The molecule has 0 bridgehead atoms. The molecule has 2 rings (SSSR count). The van der Waals surface area contributed by atoms with E-state index in [1.165, 1.54) is 6.07 Å². The molecule has 1 saturated heterocycles. The maximum absolute atomic E-state index is 13.9. The Morgan fingerprint density at radius 2 is 2.10 bits per heavy atom. The lowest BCUT2D eigenvalue weighted by Gasteiger charge is -2.33. The van der Waals surface area contributed by atoms with E-state index >= 15 is 0 Å². The SMILES string of the molecule is COCCOC1CCN(c2ccc(C#N)cc2F)CC1. The molecule has 0 spiro atoms. The van der Waals surface area contributed by atoms with Crippen LogP contribution in [-0.4, -0.2) is 39.5 Å². The predicted molar refractivity (Wildman–Crippen MR) is 74.2 cm³/mol. The second-order valence-electron chi connectivity index (χ2n) is 4.83. The number of rotatable bonds is 5. The predicted octanol–water partition coefficient (Wildman–Crippen LogP) is 2.33. The molecule has 0 saturated carbocycles. The quantitative estimate of drug-likeness (QED) is 0.775. The van der Waals surface area contributed by atoms with Gasteiger partial charge < -0.3 is 14.4 Å². The normalized spacial score (nSPS) is 16.1. The van der Waals surface area contributed by atoms with Crippen LogP contribution in [0.5, 0.6) is 0 Å². The van der Waals surface area contributed by atoms with Gasteiger partial charge in [0.05, 0.1) is 36.6 Å². The summed E-state index contributed by atoms with van der Waals surface area (Å²) in [6.07, 6.45) is 1.98. The smallest absolute Gasteiger partial charge is 0.147 e. The average Bonchev–Trinajstić information content (AvgIpc) is 2.48. The second-order valence-corrected chi connectivity index (χ2v) is 4.83. The molecule has 5 heteroatoms. The summed E-state index contributed by atoms with van der Waals surface area (Å²) in [5.74, 6) is -0.331. The highest BCUT2D eigenvalue weighted by Crippen LogP contribution is 2.24. The first-order valence-electron chi connectivity index (χ1n) is 6.79. The molecule has 0 aliphatic carbocycles. The van der Waals surface area contributed by atoms with E-state index < -0.39 is 0 Å². The van der Waals surface area contributed by atoms with Crippen LogP contribution < -0.4 is 4.90 Å². The largest absolute Gasteiger partial charge is 0.382 e. The van der Waals surface area contributed by atoms with E-state index in [0.717, 1.165) is 25.9 Å². The average molecular weight is 278 g/mol. The molecular weight excluding hydrogens is 259 g/mol. The first-order chi connectivity index (χ1) is 9.74. The van der Waals surface area contributed by atoms with Gasteiger partial charge in [0.15, 0.2) is 0 Å². The molecule has 0 amide bonds. The standard InChI is InChI=1S/C15H19FN2O2/c1-19-8-9-20-13-4-6-18(7-5-13)15-3-2-12(11-17)10-14(15)16/h2-3,10,13H,4-9H2,1H3. The maximum Gasteiger partial charge on any atom is 0.147 e. The van der Waals surface area contributed by atoms with Crippen molar-refractivity contribution in [3.05, 3.63) is 29.6 Å². The van der Waals surface area contributed by atoms with E-state index in [9.17, 15) is 4.39 Å². The molecule has 1 aromatic rings. The van der Waals surface area contributed by atoms with Crippen molar-refractivity contribution in [3.63, 3.8) is 0 Å². The monoisotopic (exact) mass is 278 g/mol. The van der Waals surface area contributed by atoms with E-state index in [-0.39, 0.29) is 11.9 Å². The molecule has 0 unspecified atom stereocenters. The molecule has 20 heavy (non-hydrogen) atoms. The third kappa shape index (κ3) is 3.69. The highest BCUT2D eigenvalue weighted by molar-refractivity contribution is 5.51. The van der Waals surface area contributed by atoms with Crippen LogP contribution >= 0.6 is 0 Å². The fourth-order valence-electron chi connectivity index (χ4n) is 2.39. The van der Waals surface area contributed by atoms with Crippen LogP contribution in [0.1, 0.15) is 18.4 Å². The topological polar surface area (TPSA) is 45.5 Å². The van der Waals surface area contributed by atoms with Gasteiger partial charge in [0.25, 0.3) is 0 Å². The summed E-state index contributed by atoms with van der Waals surface area (Å²) in [6.45, 7) is 2.73. The Labute approximate surface area is 118 Å². The van der Waals surface area contributed by atoms with Gasteiger partial charge in [-0.3, -0.25) is 0 Å². The summed E-state index contributed by atoms with van der Waals surface area (Å²) < 4.78 is 24.6. The number of piperidine rings is 1. The van der Waals surface area contributed by atoms with Gasteiger partial charge in [0.2, 0.25) is 0 Å². The summed E-state index contributed by atoms with van der Waals surface area (Å²) in [5.41, 5.74) is 0.920. The molecule has 0 N–H and O–H groups in total. The van der Waals surface area contributed by atoms with Crippen molar-refractivity contribution < 1.29 is 13.9 Å². The van der Waals surface area contributed by atoms with Crippen LogP contribution in [0.4, 0.5) is 10.1 Å². The summed E-state index contributed by atoms with van der Waals surface area (Å²) in [5, 5.41) is 8.74. The van der Waals surface area contributed by atoms with Gasteiger partial charge >= 0.3 is 0 Å². The first kappa shape index (κ1) is 14.8. The number of hydrogen-bond donors (Lipinski definition) is 0. The summed E-state index contributed by atoms with van der Waals surface area (Å²) in [6, 6.07) is 6.56. The summed E-state index contributed by atoms with van der Waals surface area (Å²) >= 11 is 0. The highest BCUT2D eigenvalue weighted by atomic mass is 19.1. The lowest BCUT2D eigenvalue weighted by molar-refractivity contribution is 0.00605. The maximum atomic E-state index is 13.9. The van der Waals surface area contributed by atoms with Crippen molar-refractivity contribution in [1.82, 2.24) is 0 Å². The minimum atomic E-state index is -0.331. The Kier molecular flexibility index (Phi) is 5.33. The van der Waals surface area contributed by atoms with Crippen molar-refractivity contribution in [3.8, 4) is 6.07 Å².